The van der Waals surface area contributed by atoms with Crippen LogP contribution in [-0.2, 0) is 25.4 Å². The minimum Gasteiger partial charge on any atom is -0.456 e. The molecule has 4 heterocycles. The van der Waals surface area contributed by atoms with E-state index in [0.29, 0.717) is 47.8 Å². The normalized spacial score (nSPS) is 23.0. The van der Waals surface area contributed by atoms with E-state index < -0.39 is 16.4 Å². The Hall–Kier alpha value is -2.00. The minimum atomic E-state index is -1.99. The summed E-state index contributed by atoms with van der Waals surface area (Å²) in [5.74, 6) is 0.541. The number of rotatable bonds is 11. The number of hydrogen-bond acceptors (Lipinski definition) is 8. The maximum Gasteiger partial charge on any atom is 0.301 e. The van der Waals surface area contributed by atoms with Gasteiger partial charge in [0.15, 0.2) is 25.9 Å². The van der Waals surface area contributed by atoms with Crippen LogP contribution in [0.1, 0.15) is 20.8 Å². The average Bonchev–Trinajstić information content (AvgIpc) is 3.57. The lowest BCUT2D eigenvalue weighted by Crippen LogP contribution is -2.47. The van der Waals surface area contributed by atoms with Crippen molar-refractivity contribution >= 4 is 50.7 Å². The molecule has 230 valence electrons. The number of nitrogens with zero attached hydrogens (tertiary/aromatic N) is 3. The Bertz CT molecular complexity index is 1380. The summed E-state index contributed by atoms with van der Waals surface area (Å²) < 4.78 is 33.7. The Morgan fingerprint density at radius 3 is 2.33 bits per heavy atom. The molecule has 2 saturated heterocycles. The molecule has 0 amide bonds. The van der Waals surface area contributed by atoms with Gasteiger partial charge in [0.05, 0.1) is 24.3 Å². The zero-order chi connectivity index (χ0) is 30.3. The second-order valence-corrected chi connectivity index (χ2v) is 24.8. The summed E-state index contributed by atoms with van der Waals surface area (Å²) in [7, 11) is -3.24. The van der Waals surface area contributed by atoms with Crippen molar-refractivity contribution in [1.82, 2.24) is 14.5 Å². The van der Waals surface area contributed by atoms with E-state index in [2.05, 4.69) is 58.8 Å². The molecule has 0 spiro atoms. The highest BCUT2D eigenvalue weighted by molar-refractivity contribution is 6.76. The fraction of sp³-hybridized carbons (Fsp3) is 0.600. The summed E-state index contributed by atoms with van der Waals surface area (Å²) in [6.45, 7) is 20.0. The third kappa shape index (κ3) is 7.04. The number of fused-ring (bicyclic) bond motifs is 2. The molecule has 1 N–H and O–H groups in total. The van der Waals surface area contributed by atoms with Crippen LogP contribution in [0.4, 0.5) is 11.5 Å². The Balaban J connectivity index is 1.38. The van der Waals surface area contributed by atoms with Gasteiger partial charge in [-0.2, -0.15) is 4.98 Å². The van der Waals surface area contributed by atoms with Crippen LogP contribution in [0.25, 0.3) is 11.2 Å². The second-order valence-electron chi connectivity index (χ2n) is 14.0. The minimum absolute atomic E-state index is 0.0996. The summed E-state index contributed by atoms with van der Waals surface area (Å²) in [6.07, 6.45) is -0.866. The van der Waals surface area contributed by atoms with Gasteiger partial charge in [-0.05, 0) is 42.4 Å². The van der Waals surface area contributed by atoms with Gasteiger partial charge in [0.2, 0.25) is 0 Å². The molecule has 2 aliphatic rings. The van der Waals surface area contributed by atoms with Crippen molar-refractivity contribution in [3.05, 3.63) is 41.4 Å². The summed E-state index contributed by atoms with van der Waals surface area (Å²) in [5.41, 5.74) is 2.15. The van der Waals surface area contributed by atoms with Gasteiger partial charge in [-0.25, -0.2) is 4.98 Å². The number of nitrogens with one attached hydrogen (secondary N) is 1. The SMILES string of the molecule is CC(C)(C)[Si](C)(C)OC1CO[C@H]2[C@@H]1OC[C@H]2Oc1nc2cc(Cl)c(Nc3ccccc3)nc2n1COCC[Si](C)(C)C. The van der Waals surface area contributed by atoms with E-state index in [1.807, 2.05) is 41.0 Å². The van der Waals surface area contributed by atoms with E-state index in [9.17, 15) is 0 Å². The average molecular weight is 633 g/mol. The molecule has 9 nitrogen and oxygen atoms in total. The maximum absolute atomic E-state index is 6.68. The molecule has 2 aliphatic heterocycles. The van der Waals surface area contributed by atoms with Gasteiger partial charge in [0.1, 0.15) is 24.5 Å². The molecular weight excluding hydrogens is 588 g/mol. The van der Waals surface area contributed by atoms with Crippen molar-refractivity contribution in [1.29, 1.82) is 0 Å². The zero-order valence-corrected chi connectivity index (χ0v) is 28.8. The van der Waals surface area contributed by atoms with Gasteiger partial charge in [-0.1, -0.05) is 70.2 Å². The number of anilines is 2. The van der Waals surface area contributed by atoms with Gasteiger partial charge in [0.25, 0.3) is 0 Å². The molecule has 12 heteroatoms. The van der Waals surface area contributed by atoms with Crippen molar-refractivity contribution < 1.29 is 23.4 Å². The van der Waals surface area contributed by atoms with E-state index in [1.54, 1.807) is 0 Å². The standard InChI is InChI=1S/C30H45ClN4O5Si2/c1-30(2,3)42(7,8)40-24-18-38-25-23(17-37-26(24)25)39-29-33-22-16-21(31)27(32-20-12-10-9-11-13-20)34-28(22)35(29)19-36-14-15-41(4,5)6/h9-13,16,23-26H,14-15,17-19H2,1-8H3,(H,32,34)/t23-,24?,25-,26-/m1/s1. The number of halogens is 1. The maximum atomic E-state index is 6.68. The molecule has 0 aliphatic carbocycles. The predicted molar refractivity (Wildman–Crippen MR) is 172 cm³/mol. The number of hydrogen-bond donors (Lipinski definition) is 1. The molecule has 4 atom stereocenters. The van der Waals surface area contributed by atoms with E-state index >= 15 is 0 Å². The smallest absolute Gasteiger partial charge is 0.301 e. The number of ether oxygens (including phenoxy) is 4. The van der Waals surface area contributed by atoms with Gasteiger partial charge in [0, 0.05) is 20.4 Å². The Labute approximate surface area is 256 Å². The highest BCUT2D eigenvalue weighted by Crippen LogP contribution is 2.41. The zero-order valence-electron chi connectivity index (χ0n) is 26.1. The van der Waals surface area contributed by atoms with Crippen molar-refractivity contribution in [3.8, 4) is 6.01 Å². The predicted octanol–water partition coefficient (Wildman–Crippen LogP) is 7.08. The number of imidazole rings is 1. The van der Waals surface area contributed by atoms with Crippen molar-refractivity contribution in [2.75, 3.05) is 25.1 Å². The number of para-hydroxylation sites is 1. The number of pyridine rings is 1. The van der Waals surface area contributed by atoms with Gasteiger partial charge in [-0.3, -0.25) is 4.57 Å². The Morgan fingerprint density at radius 1 is 1.00 bits per heavy atom. The van der Waals surface area contributed by atoms with Crippen LogP contribution in [-0.4, -0.2) is 75.2 Å². The largest absolute Gasteiger partial charge is 0.456 e. The van der Waals surface area contributed by atoms with Crippen LogP contribution in [0, 0.1) is 0 Å². The van der Waals surface area contributed by atoms with Crippen molar-refractivity contribution in [3.63, 3.8) is 0 Å². The monoisotopic (exact) mass is 632 g/mol. The van der Waals surface area contributed by atoms with Crippen LogP contribution in [0.15, 0.2) is 36.4 Å². The summed E-state index contributed by atoms with van der Waals surface area (Å²) >= 11 is 6.64. The molecule has 42 heavy (non-hydrogen) atoms. The topological polar surface area (TPSA) is 88.9 Å². The summed E-state index contributed by atoms with van der Waals surface area (Å²) in [5, 5.41) is 3.88. The Morgan fingerprint density at radius 2 is 1.67 bits per heavy atom. The molecular formula is C30H45ClN4O5Si2. The molecule has 2 fully saturated rings. The number of aromatic nitrogens is 3. The third-order valence-electron chi connectivity index (χ3n) is 8.36. The number of benzene rings is 1. The van der Waals surface area contributed by atoms with E-state index in [1.165, 1.54) is 0 Å². The molecule has 1 unspecified atom stereocenters. The van der Waals surface area contributed by atoms with Crippen LogP contribution in [0.5, 0.6) is 6.01 Å². The van der Waals surface area contributed by atoms with Crippen molar-refractivity contribution in [2.45, 2.75) is 95.7 Å². The van der Waals surface area contributed by atoms with Crippen LogP contribution >= 0.6 is 11.6 Å². The lowest BCUT2D eigenvalue weighted by Gasteiger charge is -2.39. The fourth-order valence-corrected chi connectivity index (χ4v) is 7.07. The van der Waals surface area contributed by atoms with Gasteiger partial charge >= 0.3 is 6.01 Å². The quantitative estimate of drug-likeness (QED) is 0.177. The molecule has 1 aromatic carbocycles. The highest BCUT2D eigenvalue weighted by atomic mass is 35.5. The molecule has 0 radical (unpaired) electrons. The third-order valence-corrected chi connectivity index (χ3v) is 14.9. The highest BCUT2D eigenvalue weighted by Gasteiger charge is 2.52. The van der Waals surface area contributed by atoms with E-state index in [4.69, 9.17) is 44.9 Å². The first kappa shape index (κ1) is 31.4. The van der Waals surface area contributed by atoms with Gasteiger partial charge in [-0.15, -0.1) is 0 Å². The van der Waals surface area contributed by atoms with Crippen LogP contribution in [0.2, 0.25) is 48.8 Å². The van der Waals surface area contributed by atoms with Gasteiger partial charge < -0.3 is 28.7 Å². The first-order valence-electron chi connectivity index (χ1n) is 14.8. The summed E-state index contributed by atoms with van der Waals surface area (Å²) in [4.78, 5) is 9.66. The molecule has 5 rings (SSSR count). The lowest BCUT2D eigenvalue weighted by atomic mass is 10.1. The summed E-state index contributed by atoms with van der Waals surface area (Å²) in [6, 6.07) is 13.1. The van der Waals surface area contributed by atoms with Crippen LogP contribution in [0.3, 0.4) is 0 Å². The lowest BCUT2D eigenvalue weighted by molar-refractivity contribution is 0.00687. The van der Waals surface area contributed by atoms with E-state index in [-0.39, 0.29) is 36.2 Å². The molecule has 0 bridgehead atoms. The first-order chi connectivity index (χ1) is 19.7. The molecule has 3 aromatic rings. The molecule has 0 saturated carbocycles. The second kappa shape index (κ2) is 12.2. The first-order valence-corrected chi connectivity index (χ1v) is 21.8. The fourth-order valence-electron chi connectivity index (χ4n) is 4.81. The Kier molecular flexibility index (Phi) is 9.12. The molecule has 2 aromatic heterocycles. The van der Waals surface area contributed by atoms with Crippen molar-refractivity contribution in [2.24, 2.45) is 0 Å². The van der Waals surface area contributed by atoms with Crippen LogP contribution < -0.4 is 10.1 Å². The van der Waals surface area contributed by atoms with E-state index in [0.717, 1.165) is 11.7 Å².